The van der Waals surface area contributed by atoms with E-state index in [2.05, 4.69) is 36.7 Å². The fourth-order valence-electron chi connectivity index (χ4n) is 5.34. The van der Waals surface area contributed by atoms with Gasteiger partial charge in [-0.2, -0.15) is 0 Å². The van der Waals surface area contributed by atoms with Crippen LogP contribution < -0.4 is 27.4 Å². The summed E-state index contributed by atoms with van der Waals surface area (Å²) in [6.45, 7) is 15.8. The number of carbonyl (C=O) groups excluding carboxylic acids is 6. The van der Waals surface area contributed by atoms with Gasteiger partial charge in [0, 0.05) is 49.7 Å². The van der Waals surface area contributed by atoms with Gasteiger partial charge in [0.05, 0.1) is 43.3 Å². The van der Waals surface area contributed by atoms with E-state index in [1.807, 2.05) is 6.92 Å². The normalized spacial score (nSPS) is 20.5. The topological polar surface area (TPSA) is 212 Å². The van der Waals surface area contributed by atoms with Crippen LogP contribution in [0.5, 0.6) is 0 Å². The number of Topliss-reactive ketones (excluding diaryl/α,β-unsaturated/α-hetero) is 1. The number of hydrogen-bond acceptors (Lipinski definition) is 11. The Morgan fingerprint density at radius 1 is 0.979 bits per heavy atom. The third-order valence-corrected chi connectivity index (χ3v) is 9.45. The van der Waals surface area contributed by atoms with Crippen molar-refractivity contribution in [2.45, 2.75) is 109 Å². The van der Waals surface area contributed by atoms with Crippen molar-refractivity contribution in [3.8, 4) is 0 Å². The molecule has 2 fully saturated rings. The van der Waals surface area contributed by atoms with E-state index >= 15 is 0 Å². The van der Waals surface area contributed by atoms with E-state index in [0.29, 0.717) is 71.6 Å². The summed E-state index contributed by atoms with van der Waals surface area (Å²) < 4.78 is 10.6. The number of carbonyl (C=O) groups is 6. The number of nitrogens with one attached hydrogen (secondary N) is 3. The van der Waals surface area contributed by atoms with Crippen LogP contribution in [-0.4, -0.2) is 115 Å². The average molecular weight is 701 g/mol. The monoisotopic (exact) mass is 700 g/mol. The number of ether oxygens (including phenoxy) is 2. The van der Waals surface area contributed by atoms with Crippen LogP contribution in [0.1, 0.15) is 86.5 Å². The first-order valence-corrected chi connectivity index (χ1v) is 18.0. The number of imide groups is 1. The first kappa shape index (κ1) is 43.4. The maximum atomic E-state index is 12.8. The molecule has 0 radical (unpaired) electrons. The third-order valence-electron chi connectivity index (χ3n) is 8.16. The molecule has 1 saturated carbocycles. The van der Waals surface area contributed by atoms with Crippen LogP contribution in [0, 0.1) is 11.8 Å². The number of thioether (sulfide) groups is 1. The lowest BCUT2D eigenvalue weighted by Crippen LogP contribution is -2.56. The number of primary amides is 2. The van der Waals surface area contributed by atoms with Gasteiger partial charge in [-0.15, -0.1) is 11.8 Å². The third kappa shape index (κ3) is 17.2. The van der Waals surface area contributed by atoms with Crippen LogP contribution in [0.25, 0.3) is 0 Å². The van der Waals surface area contributed by atoms with Crippen molar-refractivity contribution in [2.75, 3.05) is 51.8 Å². The number of likely N-dealkylation sites (tertiary alicyclic amines) is 1. The highest BCUT2D eigenvalue weighted by Crippen LogP contribution is 2.32. The Bertz CT molecular complexity index is 1050. The molecule has 0 aromatic rings. The van der Waals surface area contributed by atoms with Crippen LogP contribution >= 0.6 is 11.8 Å². The van der Waals surface area contributed by atoms with Gasteiger partial charge in [-0.05, 0) is 72.6 Å². The molecule has 1 heterocycles. The molecule has 1 aliphatic heterocycles. The summed E-state index contributed by atoms with van der Waals surface area (Å²) in [6, 6.07) is -0.795. The second-order valence-electron chi connectivity index (χ2n) is 13.9. The second kappa shape index (κ2) is 22.2. The number of rotatable bonds is 22. The lowest BCUT2D eigenvalue weighted by molar-refractivity contribution is -0.139. The minimum absolute atomic E-state index is 0.0133. The Balaban J connectivity index is 0.000000607. The highest BCUT2D eigenvalue weighted by atomic mass is 32.2. The minimum Gasteiger partial charge on any atom is -0.378 e. The van der Waals surface area contributed by atoms with Gasteiger partial charge >= 0.3 is 0 Å². The lowest BCUT2D eigenvalue weighted by Gasteiger charge is -2.30. The summed E-state index contributed by atoms with van der Waals surface area (Å²) in [6.07, 6.45) is 4.75. The Labute approximate surface area is 290 Å². The Morgan fingerprint density at radius 3 is 2.10 bits per heavy atom. The molecule has 276 valence electrons. The van der Waals surface area contributed by atoms with Crippen LogP contribution in [0.2, 0.25) is 0 Å². The molecule has 1 saturated heterocycles. The molecule has 5 amide bonds. The van der Waals surface area contributed by atoms with E-state index in [9.17, 15) is 28.8 Å². The van der Waals surface area contributed by atoms with Crippen LogP contribution in [0.15, 0.2) is 0 Å². The molecule has 14 nitrogen and oxygen atoms in total. The molecule has 2 aliphatic rings. The van der Waals surface area contributed by atoms with Gasteiger partial charge in [0.25, 0.3) is 0 Å². The summed E-state index contributed by atoms with van der Waals surface area (Å²) in [7, 11) is 0. The van der Waals surface area contributed by atoms with Crippen molar-refractivity contribution in [3.63, 3.8) is 0 Å². The van der Waals surface area contributed by atoms with Crippen molar-refractivity contribution < 1.29 is 38.2 Å². The standard InChI is InChI=1S/C22H36N4O5S.C11H24N2O3/c1-4-5-17(27)22(2,3)25-15(20(24)30)12-32-16-10-18(28)26(21(16)31)11-13-6-8-14(9-7-13)19(23)29;1-11(2,3)13-5-7-16-9-8-15-6-4-12-10-14/h13-16,25H,4-12H2,1-3H3,(H2,23,29)(H2,24,30);10,13H,4-9H2,1-3H3,(H,12,14)/t13?,14?,15-,16?;/m1./s1. The first-order valence-electron chi connectivity index (χ1n) is 16.9. The molecule has 0 aromatic heterocycles. The highest BCUT2D eigenvalue weighted by molar-refractivity contribution is 8.00. The smallest absolute Gasteiger partial charge is 0.242 e. The fraction of sp³-hybridized carbons (Fsp3) is 0.818. The van der Waals surface area contributed by atoms with Gasteiger partial charge in [0.2, 0.25) is 30.0 Å². The number of nitrogens with two attached hydrogens (primary N) is 2. The maximum Gasteiger partial charge on any atom is 0.242 e. The van der Waals surface area contributed by atoms with Crippen LogP contribution in [0.4, 0.5) is 0 Å². The molecular formula is C33H60N6O8S. The number of hydrogen-bond donors (Lipinski definition) is 5. The lowest BCUT2D eigenvalue weighted by atomic mass is 9.81. The van der Waals surface area contributed by atoms with Crippen molar-refractivity contribution >= 4 is 47.6 Å². The molecule has 0 bridgehead atoms. The first-order chi connectivity index (χ1) is 22.5. The molecule has 0 spiro atoms. The molecule has 48 heavy (non-hydrogen) atoms. The van der Waals surface area contributed by atoms with Gasteiger partial charge in [-0.1, -0.05) is 6.92 Å². The molecule has 1 unspecified atom stereocenters. The summed E-state index contributed by atoms with van der Waals surface area (Å²) >= 11 is 1.22. The van der Waals surface area contributed by atoms with Crippen molar-refractivity contribution in [2.24, 2.45) is 23.3 Å². The van der Waals surface area contributed by atoms with Gasteiger partial charge < -0.3 is 31.6 Å². The van der Waals surface area contributed by atoms with Gasteiger partial charge in [0.1, 0.15) is 0 Å². The molecule has 7 N–H and O–H groups in total. The SMILES string of the molecule is CC(C)(C)NCCOCCOCCNC=O.CCCC(=O)C(C)(C)N[C@H](CSC1CC(=O)N(CC2CCC(C(N)=O)CC2)C1=O)C(N)=O. The molecular weight excluding hydrogens is 640 g/mol. The highest BCUT2D eigenvalue weighted by Gasteiger charge is 2.41. The molecule has 2 atom stereocenters. The van der Waals surface area contributed by atoms with E-state index in [-0.39, 0.29) is 53.1 Å². The predicted molar refractivity (Wildman–Crippen MR) is 186 cm³/mol. The van der Waals surface area contributed by atoms with Crippen molar-refractivity contribution in [1.82, 2.24) is 20.9 Å². The van der Waals surface area contributed by atoms with Crippen LogP contribution in [-0.2, 0) is 38.2 Å². The van der Waals surface area contributed by atoms with E-state index in [0.717, 1.165) is 19.4 Å². The number of amides is 5. The zero-order valence-electron chi connectivity index (χ0n) is 29.8. The summed E-state index contributed by atoms with van der Waals surface area (Å²) in [5.41, 5.74) is 10.1. The number of ketones is 1. The van der Waals surface area contributed by atoms with E-state index in [1.165, 1.54) is 16.7 Å². The van der Waals surface area contributed by atoms with E-state index < -0.39 is 22.7 Å². The Morgan fingerprint density at radius 2 is 1.58 bits per heavy atom. The van der Waals surface area contributed by atoms with Crippen molar-refractivity contribution in [3.05, 3.63) is 0 Å². The molecule has 15 heteroatoms. The van der Waals surface area contributed by atoms with E-state index in [4.69, 9.17) is 20.9 Å². The van der Waals surface area contributed by atoms with Gasteiger partial charge in [-0.25, -0.2) is 0 Å². The van der Waals surface area contributed by atoms with Gasteiger partial charge in [-0.3, -0.25) is 39.0 Å². The van der Waals surface area contributed by atoms with Crippen molar-refractivity contribution in [1.29, 1.82) is 0 Å². The zero-order chi connectivity index (χ0) is 36.3. The molecule has 0 aromatic carbocycles. The minimum atomic E-state index is -0.915. The zero-order valence-corrected chi connectivity index (χ0v) is 30.6. The molecule has 2 rings (SSSR count). The number of nitrogens with zero attached hydrogens (tertiary/aromatic N) is 1. The largest absolute Gasteiger partial charge is 0.378 e. The van der Waals surface area contributed by atoms with Gasteiger partial charge in [0.15, 0.2) is 5.78 Å². The Kier molecular flexibility index (Phi) is 20.1. The van der Waals surface area contributed by atoms with E-state index in [1.54, 1.807) is 13.8 Å². The quantitative estimate of drug-likeness (QED) is 0.0608. The summed E-state index contributed by atoms with van der Waals surface area (Å²) in [5.74, 6) is -1.12. The Hall–Kier alpha value is -2.59. The fourth-order valence-corrected chi connectivity index (χ4v) is 6.54. The summed E-state index contributed by atoms with van der Waals surface area (Å²) in [5, 5.41) is 8.30. The maximum absolute atomic E-state index is 12.8. The average Bonchev–Trinajstić information content (AvgIpc) is 3.27. The molecule has 1 aliphatic carbocycles. The predicted octanol–water partition coefficient (Wildman–Crippen LogP) is 0.884. The summed E-state index contributed by atoms with van der Waals surface area (Å²) in [4.78, 5) is 72.1. The second-order valence-corrected chi connectivity index (χ2v) is 15.1. The van der Waals surface area contributed by atoms with Crippen LogP contribution in [0.3, 0.4) is 0 Å².